The van der Waals surface area contributed by atoms with Crippen LogP contribution in [-0.2, 0) is 20.8 Å². The Bertz CT molecular complexity index is 426. The molecule has 3 rings (SSSR count). The van der Waals surface area contributed by atoms with Gasteiger partial charge >= 0.3 is 0 Å². The Labute approximate surface area is 139 Å². The number of piperidine rings is 1. The van der Waals surface area contributed by atoms with Gasteiger partial charge in [0.25, 0.3) is 0 Å². The van der Waals surface area contributed by atoms with Crippen LogP contribution in [0.2, 0.25) is 0 Å². The monoisotopic (exact) mass is 319 g/mol. The average molecular weight is 319 g/mol. The molecule has 1 aromatic rings. The van der Waals surface area contributed by atoms with Crippen molar-refractivity contribution in [3.05, 3.63) is 35.9 Å². The van der Waals surface area contributed by atoms with Crippen molar-refractivity contribution in [2.45, 2.75) is 51.0 Å². The van der Waals surface area contributed by atoms with Crippen LogP contribution in [0.1, 0.15) is 37.7 Å². The molecule has 4 heteroatoms. The van der Waals surface area contributed by atoms with E-state index in [0.717, 1.165) is 51.9 Å². The molecule has 0 bridgehead atoms. The second kappa shape index (κ2) is 9.38. The number of likely N-dealkylation sites (tertiary alicyclic amines) is 1. The zero-order valence-corrected chi connectivity index (χ0v) is 14.0. The van der Waals surface area contributed by atoms with Gasteiger partial charge in [0.05, 0.1) is 19.3 Å². The third kappa shape index (κ3) is 5.88. The van der Waals surface area contributed by atoms with Crippen LogP contribution in [0, 0.1) is 0 Å². The summed E-state index contributed by atoms with van der Waals surface area (Å²) in [5, 5.41) is 0. The van der Waals surface area contributed by atoms with Gasteiger partial charge in [-0.3, -0.25) is 4.90 Å². The summed E-state index contributed by atoms with van der Waals surface area (Å²) in [6.07, 6.45) is 6.03. The first-order valence-corrected chi connectivity index (χ1v) is 9.01. The van der Waals surface area contributed by atoms with Gasteiger partial charge in [-0.25, -0.2) is 0 Å². The maximum Gasteiger partial charge on any atom is 0.157 e. The van der Waals surface area contributed by atoms with E-state index in [0.29, 0.717) is 19.3 Å². The minimum atomic E-state index is 0.0000646. The molecule has 2 aliphatic rings. The van der Waals surface area contributed by atoms with E-state index in [1.807, 2.05) is 0 Å². The van der Waals surface area contributed by atoms with Crippen molar-refractivity contribution in [1.82, 2.24) is 4.90 Å². The molecular weight excluding hydrogens is 290 g/mol. The summed E-state index contributed by atoms with van der Waals surface area (Å²) in [5.74, 6) is 0. The molecule has 0 aromatic heterocycles. The molecular formula is C19H29NO3. The first kappa shape index (κ1) is 16.9. The van der Waals surface area contributed by atoms with Crippen LogP contribution < -0.4 is 0 Å². The molecule has 0 saturated carbocycles. The maximum absolute atomic E-state index is 5.97. The van der Waals surface area contributed by atoms with Crippen LogP contribution in [0.4, 0.5) is 0 Å². The maximum atomic E-state index is 5.97. The Hall–Kier alpha value is -0.940. The van der Waals surface area contributed by atoms with Gasteiger partial charge in [-0.1, -0.05) is 30.3 Å². The lowest BCUT2D eigenvalue weighted by molar-refractivity contribution is -0.172. The van der Waals surface area contributed by atoms with Gasteiger partial charge in [-0.2, -0.15) is 0 Å². The van der Waals surface area contributed by atoms with Crippen LogP contribution in [0.15, 0.2) is 30.3 Å². The van der Waals surface area contributed by atoms with E-state index in [1.165, 1.54) is 12.0 Å². The molecule has 1 aromatic carbocycles. The number of hydrogen-bond acceptors (Lipinski definition) is 4. The summed E-state index contributed by atoms with van der Waals surface area (Å²) in [6.45, 7) is 5.46. The van der Waals surface area contributed by atoms with E-state index in [-0.39, 0.29) is 6.29 Å². The minimum Gasteiger partial charge on any atom is -0.376 e. The summed E-state index contributed by atoms with van der Waals surface area (Å²) in [4.78, 5) is 2.52. The highest BCUT2D eigenvalue weighted by molar-refractivity contribution is 5.14. The van der Waals surface area contributed by atoms with Crippen LogP contribution in [0.3, 0.4) is 0 Å². The summed E-state index contributed by atoms with van der Waals surface area (Å²) >= 11 is 0. The second-order valence-electron chi connectivity index (χ2n) is 6.50. The lowest BCUT2D eigenvalue weighted by Gasteiger charge is -2.32. The topological polar surface area (TPSA) is 30.9 Å². The minimum absolute atomic E-state index is 0.0000646. The average Bonchev–Trinajstić information content (AvgIpc) is 2.62. The fourth-order valence-electron chi connectivity index (χ4n) is 3.31. The van der Waals surface area contributed by atoms with Crippen molar-refractivity contribution in [2.75, 3.05) is 32.9 Å². The quantitative estimate of drug-likeness (QED) is 0.722. The molecule has 2 aliphatic heterocycles. The van der Waals surface area contributed by atoms with Crippen LogP contribution in [0.25, 0.3) is 0 Å². The zero-order valence-electron chi connectivity index (χ0n) is 14.0. The predicted molar refractivity (Wildman–Crippen MR) is 90.2 cm³/mol. The summed E-state index contributed by atoms with van der Waals surface area (Å²) in [6, 6.07) is 10.7. The van der Waals surface area contributed by atoms with Crippen LogP contribution in [-0.4, -0.2) is 50.2 Å². The molecule has 1 atom stereocenters. The van der Waals surface area contributed by atoms with Crippen molar-refractivity contribution in [3.8, 4) is 0 Å². The Kier molecular flexibility index (Phi) is 6.89. The van der Waals surface area contributed by atoms with Crippen molar-refractivity contribution in [1.29, 1.82) is 0 Å². The van der Waals surface area contributed by atoms with Crippen LogP contribution in [0.5, 0.6) is 0 Å². The second-order valence-corrected chi connectivity index (χ2v) is 6.50. The third-order valence-electron chi connectivity index (χ3n) is 4.66. The van der Waals surface area contributed by atoms with E-state index in [2.05, 4.69) is 35.2 Å². The molecule has 0 spiro atoms. The molecule has 0 N–H and O–H groups in total. The van der Waals surface area contributed by atoms with Gasteiger partial charge in [0, 0.05) is 26.2 Å². The van der Waals surface area contributed by atoms with Crippen molar-refractivity contribution >= 4 is 0 Å². The van der Waals surface area contributed by atoms with Gasteiger partial charge in [0.1, 0.15) is 0 Å². The van der Waals surface area contributed by atoms with Crippen LogP contribution >= 0.6 is 0 Å². The highest BCUT2D eigenvalue weighted by atomic mass is 16.7. The van der Waals surface area contributed by atoms with Crippen molar-refractivity contribution in [3.63, 3.8) is 0 Å². The molecule has 2 fully saturated rings. The number of ether oxygens (including phenoxy) is 3. The van der Waals surface area contributed by atoms with E-state index in [4.69, 9.17) is 14.2 Å². The molecule has 4 nitrogen and oxygen atoms in total. The first-order chi connectivity index (χ1) is 11.4. The lowest BCUT2D eigenvalue weighted by atomic mass is 10.1. The van der Waals surface area contributed by atoms with Gasteiger partial charge in [-0.05, 0) is 37.7 Å². The number of nitrogens with zero attached hydrogens (tertiary/aromatic N) is 1. The molecule has 0 radical (unpaired) electrons. The van der Waals surface area contributed by atoms with Crippen molar-refractivity contribution in [2.24, 2.45) is 0 Å². The highest BCUT2D eigenvalue weighted by Crippen LogP contribution is 2.17. The third-order valence-corrected chi connectivity index (χ3v) is 4.66. The SMILES string of the molecule is c1ccc(CN2CCC(OCCOC3CCCCO3)CC2)cc1. The van der Waals surface area contributed by atoms with Gasteiger partial charge in [0.2, 0.25) is 0 Å². The molecule has 1 unspecified atom stereocenters. The normalized spacial score (nSPS) is 23.9. The zero-order chi connectivity index (χ0) is 15.7. The molecule has 0 amide bonds. The molecule has 128 valence electrons. The Morgan fingerprint density at radius 1 is 0.957 bits per heavy atom. The van der Waals surface area contributed by atoms with E-state index in [1.54, 1.807) is 0 Å². The lowest BCUT2D eigenvalue weighted by Crippen LogP contribution is -2.37. The number of benzene rings is 1. The largest absolute Gasteiger partial charge is 0.376 e. The van der Waals surface area contributed by atoms with Crippen molar-refractivity contribution < 1.29 is 14.2 Å². The Balaban J connectivity index is 1.26. The first-order valence-electron chi connectivity index (χ1n) is 9.01. The Morgan fingerprint density at radius 3 is 2.48 bits per heavy atom. The van der Waals surface area contributed by atoms with E-state index < -0.39 is 0 Å². The molecule has 2 heterocycles. The molecule has 0 aliphatic carbocycles. The predicted octanol–water partition coefficient (Wildman–Crippen LogP) is 3.21. The Morgan fingerprint density at radius 2 is 1.74 bits per heavy atom. The summed E-state index contributed by atoms with van der Waals surface area (Å²) in [5.41, 5.74) is 1.40. The number of rotatable bonds is 7. The standard InChI is InChI=1S/C19H29NO3/c1-2-6-17(7-3-1)16-20-11-9-18(10-12-20)21-14-15-23-19-8-4-5-13-22-19/h1-3,6-7,18-19H,4-5,8-16H2. The van der Waals surface area contributed by atoms with Gasteiger partial charge < -0.3 is 14.2 Å². The van der Waals surface area contributed by atoms with Gasteiger partial charge in [0.15, 0.2) is 6.29 Å². The number of hydrogen-bond donors (Lipinski definition) is 0. The summed E-state index contributed by atoms with van der Waals surface area (Å²) in [7, 11) is 0. The smallest absolute Gasteiger partial charge is 0.157 e. The van der Waals surface area contributed by atoms with E-state index >= 15 is 0 Å². The highest BCUT2D eigenvalue weighted by Gasteiger charge is 2.20. The molecule has 2 saturated heterocycles. The fraction of sp³-hybridized carbons (Fsp3) is 0.684. The van der Waals surface area contributed by atoms with Gasteiger partial charge in [-0.15, -0.1) is 0 Å². The fourth-order valence-corrected chi connectivity index (χ4v) is 3.31. The molecule has 23 heavy (non-hydrogen) atoms. The summed E-state index contributed by atoms with van der Waals surface area (Å²) < 4.78 is 17.2. The van der Waals surface area contributed by atoms with E-state index in [9.17, 15) is 0 Å².